The van der Waals surface area contributed by atoms with Crippen LogP contribution in [0.15, 0.2) is 53.5 Å². The Hall–Kier alpha value is -1.89. The van der Waals surface area contributed by atoms with E-state index in [2.05, 4.69) is 55.0 Å². The Labute approximate surface area is 96.5 Å². The zero-order valence-electron chi connectivity index (χ0n) is 9.48. The molecule has 0 amide bonds. The van der Waals surface area contributed by atoms with Crippen LogP contribution in [0.1, 0.15) is 12.5 Å². The number of rotatable bonds is 3. The van der Waals surface area contributed by atoms with E-state index in [1.54, 1.807) is 0 Å². The highest BCUT2D eigenvalue weighted by molar-refractivity contribution is 5.66. The summed E-state index contributed by atoms with van der Waals surface area (Å²) in [6, 6.07) is 16.8. The topological polar surface area (TPSA) is 12.4 Å². The van der Waals surface area contributed by atoms with Crippen molar-refractivity contribution in [1.82, 2.24) is 0 Å². The van der Waals surface area contributed by atoms with Crippen LogP contribution in [0.3, 0.4) is 0 Å². The lowest BCUT2D eigenvalue weighted by Crippen LogP contribution is -1.81. The number of hydrogen-bond donors (Lipinski definition) is 0. The van der Waals surface area contributed by atoms with E-state index < -0.39 is 0 Å². The summed E-state index contributed by atoms with van der Waals surface area (Å²) < 4.78 is 0. The van der Waals surface area contributed by atoms with Crippen molar-refractivity contribution in [1.29, 1.82) is 0 Å². The van der Waals surface area contributed by atoms with Crippen LogP contribution in [0.2, 0.25) is 0 Å². The van der Waals surface area contributed by atoms with Gasteiger partial charge in [0.1, 0.15) is 0 Å². The fourth-order valence-electron chi connectivity index (χ4n) is 1.69. The molecule has 0 aliphatic carbocycles. The molecule has 0 fully saturated rings. The molecule has 2 aromatic rings. The average molecular weight is 209 g/mol. The standard InChI is InChI=1S/C15H15N/c1-3-12-4-6-13(7-5-12)14-8-10-15(16-2)11-9-14/h4-11H,2-3H2,1H3. The van der Waals surface area contributed by atoms with Gasteiger partial charge in [-0.3, -0.25) is 4.99 Å². The molecule has 0 aliphatic rings. The van der Waals surface area contributed by atoms with Crippen LogP contribution in [-0.4, -0.2) is 6.72 Å². The van der Waals surface area contributed by atoms with Crippen LogP contribution in [0.25, 0.3) is 11.1 Å². The summed E-state index contributed by atoms with van der Waals surface area (Å²) in [5, 5.41) is 0. The molecule has 0 saturated heterocycles. The van der Waals surface area contributed by atoms with Crippen molar-refractivity contribution in [3.05, 3.63) is 54.1 Å². The first-order valence-corrected chi connectivity index (χ1v) is 5.49. The van der Waals surface area contributed by atoms with Crippen molar-refractivity contribution in [2.45, 2.75) is 13.3 Å². The van der Waals surface area contributed by atoms with E-state index in [4.69, 9.17) is 0 Å². The largest absolute Gasteiger partial charge is 0.265 e. The predicted molar refractivity (Wildman–Crippen MR) is 70.5 cm³/mol. The summed E-state index contributed by atoms with van der Waals surface area (Å²) in [5.74, 6) is 0. The van der Waals surface area contributed by atoms with Crippen molar-refractivity contribution in [3.63, 3.8) is 0 Å². The molecular weight excluding hydrogens is 194 g/mol. The zero-order chi connectivity index (χ0) is 11.4. The van der Waals surface area contributed by atoms with Crippen molar-refractivity contribution >= 4 is 12.4 Å². The highest BCUT2D eigenvalue weighted by Crippen LogP contribution is 2.22. The van der Waals surface area contributed by atoms with Crippen LogP contribution < -0.4 is 0 Å². The van der Waals surface area contributed by atoms with E-state index in [0.717, 1.165) is 12.1 Å². The van der Waals surface area contributed by atoms with E-state index in [-0.39, 0.29) is 0 Å². The van der Waals surface area contributed by atoms with E-state index in [9.17, 15) is 0 Å². The zero-order valence-corrected chi connectivity index (χ0v) is 9.48. The maximum atomic E-state index is 3.88. The van der Waals surface area contributed by atoms with Gasteiger partial charge in [-0.1, -0.05) is 43.3 Å². The Kier molecular flexibility index (Phi) is 3.16. The number of hydrogen-bond acceptors (Lipinski definition) is 1. The van der Waals surface area contributed by atoms with Crippen molar-refractivity contribution in [2.75, 3.05) is 0 Å². The van der Waals surface area contributed by atoms with Crippen molar-refractivity contribution < 1.29 is 0 Å². The van der Waals surface area contributed by atoms with Gasteiger partial charge in [-0.2, -0.15) is 0 Å². The van der Waals surface area contributed by atoms with E-state index in [1.165, 1.54) is 16.7 Å². The molecule has 0 radical (unpaired) electrons. The van der Waals surface area contributed by atoms with E-state index in [1.807, 2.05) is 12.1 Å². The molecule has 0 unspecified atom stereocenters. The summed E-state index contributed by atoms with van der Waals surface area (Å²) in [4.78, 5) is 3.88. The SMILES string of the molecule is C=Nc1ccc(-c2ccc(CC)cc2)cc1. The Bertz CT molecular complexity index is 466. The molecule has 16 heavy (non-hydrogen) atoms. The normalized spacial score (nSPS) is 10.1. The third-order valence-corrected chi connectivity index (χ3v) is 2.75. The summed E-state index contributed by atoms with van der Waals surface area (Å²) in [7, 11) is 0. The van der Waals surface area contributed by atoms with Gasteiger partial charge in [-0.15, -0.1) is 0 Å². The van der Waals surface area contributed by atoms with Crippen LogP contribution >= 0.6 is 0 Å². The second kappa shape index (κ2) is 4.75. The van der Waals surface area contributed by atoms with E-state index >= 15 is 0 Å². The molecular formula is C15H15N. The molecule has 0 atom stereocenters. The molecule has 0 aliphatic heterocycles. The molecule has 0 spiro atoms. The fourth-order valence-corrected chi connectivity index (χ4v) is 1.69. The summed E-state index contributed by atoms with van der Waals surface area (Å²) in [6.07, 6.45) is 1.08. The lowest BCUT2D eigenvalue weighted by molar-refractivity contribution is 1.14. The van der Waals surface area contributed by atoms with Crippen LogP contribution in [-0.2, 0) is 6.42 Å². The number of nitrogens with zero attached hydrogens (tertiary/aromatic N) is 1. The first-order chi connectivity index (χ1) is 7.83. The Morgan fingerprint density at radius 2 is 1.38 bits per heavy atom. The Morgan fingerprint density at radius 3 is 1.81 bits per heavy atom. The molecule has 0 heterocycles. The lowest BCUT2D eigenvalue weighted by atomic mass is 10.0. The second-order valence-electron chi connectivity index (χ2n) is 3.76. The summed E-state index contributed by atoms with van der Waals surface area (Å²) in [5.41, 5.74) is 4.74. The quantitative estimate of drug-likeness (QED) is 0.670. The van der Waals surface area contributed by atoms with Gasteiger partial charge >= 0.3 is 0 Å². The van der Waals surface area contributed by atoms with Gasteiger partial charge in [0.05, 0.1) is 5.69 Å². The van der Waals surface area contributed by atoms with Gasteiger partial charge in [-0.05, 0) is 42.0 Å². The van der Waals surface area contributed by atoms with Crippen molar-refractivity contribution in [2.24, 2.45) is 4.99 Å². The molecule has 0 aromatic heterocycles. The predicted octanol–water partition coefficient (Wildman–Crippen LogP) is 4.25. The summed E-state index contributed by atoms with van der Waals surface area (Å²) in [6.45, 7) is 5.67. The highest BCUT2D eigenvalue weighted by Gasteiger charge is 1.97. The van der Waals surface area contributed by atoms with Crippen LogP contribution in [0, 0.1) is 0 Å². The van der Waals surface area contributed by atoms with Gasteiger partial charge in [0.15, 0.2) is 0 Å². The lowest BCUT2D eigenvalue weighted by Gasteiger charge is -2.03. The van der Waals surface area contributed by atoms with Crippen LogP contribution in [0.5, 0.6) is 0 Å². The van der Waals surface area contributed by atoms with Gasteiger partial charge in [0.25, 0.3) is 0 Å². The van der Waals surface area contributed by atoms with Crippen LogP contribution in [0.4, 0.5) is 5.69 Å². The maximum absolute atomic E-state index is 3.88. The van der Waals surface area contributed by atoms with Gasteiger partial charge in [0.2, 0.25) is 0 Å². The smallest absolute Gasteiger partial charge is 0.0622 e. The minimum Gasteiger partial charge on any atom is -0.265 e. The molecule has 1 heteroatoms. The highest BCUT2D eigenvalue weighted by atomic mass is 14.7. The Morgan fingerprint density at radius 1 is 0.875 bits per heavy atom. The van der Waals surface area contributed by atoms with Crippen molar-refractivity contribution in [3.8, 4) is 11.1 Å². The molecule has 2 aromatic carbocycles. The monoisotopic (exact) mass is 209 g/mol. The molecule has 0 saturated carbocycles. The summed E-state index contributed by atoms with van der Waals surface area (Å²) >= 11 is 0. The third kappa shape index (κ3) is 2.19. The fraction of sp³-hybridized carbons (Fsp3) is 0.133. The first kappa shape index (κ1) is 10.6. The molecule has 0 bridgehead atoms. The number of benzene rings is 2. The Balaban J connectivity index is 2.31. The number of aryl methyl sites for hydroxylation is 1. The number of aliphatic imine (C=N–C) groups is 1. The minimum absolute atomic E-state index is 0.911. The van der Waals surface area contributed by atoms with Gasteiger partial charge in [-0.25, -0.2) is 0 Å². The third-order valence-electron chi connectivity index (χ3n) is 2.75. The molecule has 80 valence electrons. The maximum Gasteiger partial charge on any atom is 0.0622 e. The van der Waals surface area contributed by atoms with Gasteiger partial charge < -0.3 is 0 Å². The van der Waals surface area contributed by atoms with Gasteiger partial charge in [0, 0.05) is 0 Å². The second-order valence-corrected chi connectivity index (χ2v) is 3.76. The molecule has 1 nitrogen and oxygen atoms in total. The average Bonchev–Trinajstić information content (AvgIpc) is 2.39. The first-order valence-electron chi connectivity index (χ1n) is 5.49. The molecule has 0 N–H and O–H groups in total. The molecule has 2 rings (SSSR count). The van der Waals surface area contributed by atoms with E-state index in [0.29, 0.717) is 0 Å². The minimum atomic E-state index is 0.911.